The van der Waals surface area contributed by atoms with Crippen molar-refractivity contribution in [2.24, 2.45) is 17.8 Å². The fourth-order valence-electron chi connectivity index (χ4n) is 4.88. The molecule has 0 radical (unpaired) electrons. The Hall–Kier alpha value is -1.36. The standard InChI is InChI=1S/C18H28N4O/c1-12-2-3-16-15(11-20-21-16)17(12)18(23)22-8-5-13(6-9-22)14-4-7-19-10-14/h11-14,17,19H,2-10H2,1H3,(H,20,21). The van der Waals surface area contributed by atoms with Crippen LogP contribution in [-0.4, -0.2) is 47.2 Å². The summed E-state index contributed by atoms with van der Waals surface area (Å²) in [4.78, 5) is 15.3. The summed E-state index contributed by atoms with van der Waals surface area (Å²) in [5, 5.41) is 10.7. The first-order chi connectivity index (χ1) is 11.2. The van der Waals surface area contributed by atoms with Gasteiger partial charge < -0.3 is 10.2 Å². The fourth-order valence-corrected chi connectivity index (χ4v) is 4.88. The van der Waals surface area contributed by atoms with Crippen LogP contribution in [0.15, 0.2) is 6.20 Å². The first-order valence-electron chi connectivity index (χ1n) is 9.25. The smallest absolute Gasteiger partial charge is 0.230 e. The highest BCUT2D eigenvalue weighted by molar-refractivity contribution is 5.84. The molecule has 23 heavy (non-hydrogen) atoms. The Labute approximate surface area is 138 Å². The van der Waals surface area contributed by atoms with E-state index in [0.29, 0.717) is 11.8 Å². The second-order valence-electron chi connectivity index (χ2n) is 7.71. The van der Waals surface area contributed by atoms with Gasteiger partial charge in [-0.3, -0.25) is 9.89 Å². The van der Waals surface area contributed by atoms with Gasteiger partial charge in [0.1, 0.15) is 0 Å². The number of H-pyrrole nitrogens is 1. The maximum absolute atomic E-state index is 13.1. The van der Waals surface area contributed by atoms with Crippen molar-refractivity contribution in [2.45, 2.75) is 44.9 Å². The minimum absolute atomic E-state index is 0.0159. The highest BCUT2D eigenvalue weighted by Gasteiger charge is 2.38. The molecule has 3 aliphatic rings. The predicted molar refractivity (Wildman–Crippen MR) is 89.1 cm³/mol. The number of piperidine rings is 1. The van der Waals surface area contributed by atoms with Crippen LogP contribution in [0, 0.1) is 17.8 Å². The van der Waals surface area contributed by atoms with Crippen molar-refractivity contribution in [3.05, 3.63) is 17.5 Å². The molecule has 0 bridgehead atoms. The van der Waals surface area contributed by atoms with E-state index >= 15 is 0 Å². The summed E-state index contributed by atoms with van der Waals surface area (Å²) in [5.41, 5.74) is 2.32. The topological polar surface area (TPSA) is 61.0 Å². The quantitative estimate of drug-likeness (QED) is 0.876. The van der Waals surface area contributed by atoms with E-state index in [4.69, 9.17) is 0 Å². The molecule has 3 heterocycles. The third-order valence-corrected chi connectivity index (χ3v) is 6.39. The Morgan fingerprint density at radius 3 is 2.78 bits per heavy atom. The van der Waals surface area contributed by atoms with Crippen molar-refractivity contribution in [3.63, 3.8) is 0 Å². The van der Waals surface area contributed by atoms with Gasteiger partial charge in [0.2, 0.25) is 5.91 Å². The van der Waals surface area contributed by atoms with E-state index in [0.717, 1.165) is 43.3 Å². The molecule has 3 atom stereocenters. The van der Waals surface area contributed by atoms with Crippen molar-refractivity contribution < 1.29 is 4.79 Å². The summed E-state index contributed by atoms with van der Waals surface area (Å²) in [6.07, 6.45) is 7.66. The van der Waals surface area contributed by atoms with Gasteiger partial charge in [0.25, 0.3) is 0 Å². The molecule has 0 spiro atoms. The van der Waals surface area contributed by atoms with Crippen LogP contribution in [0.1, 0.15) is 49.8 Å². The molecule has 2 aliphatic heterocycles. The van der Waals surface area contributed by atoms with Gasteiger partial charge in [-0.15, -0.1) is 0 Å². The monoisotopic (exact) mass is 316 g/mol. The number of nitrogens with one attached hydrogen (secondary N) is 2. The second-order valence-corrected chi connectivity index (χ2v) is 7.71. The van der Waals surface area contributed by atoms with E-state index in [1.165, 1.54) is 38.0 Å². The lowest BCUT2D eigenvalue weighted by molar-refractivity contribution is -0.135. The number of nitrogens with zero attached hydrogens (tertiary/aromatic N) is 2. The van der Waals surface area contributed by atoms with Crippen LogP contribution in [0.3, 0.4) is 0 Å². The van der Waals surface area contributed by atoms with Gasteiger partial charge in [0.05, 0.1) is 12.1 Å². The normalized spacial score (nSPS) is 32.0. The Morgan fingerprint density at radius 2 is 2.04 bits per heavy atom. The lowest BCUT2D eigenvalue weighted by Crippen LogP contribution is -2.44. The number of fused-ring (bicyclic) bond motifs is 1. The summed E-state index contributed by atoms with van der Waals surface area (Å²) in [6.45, 7) is 6.45. The van der Waals surface area contributed by atoms with Gasteiger partial charge in [-0.2, -0.15) is 5.10 Å². The number of amides is 1. The van der Waals surface area contributed by atoms with E-state index in [9.17, 15) is 4.79 Å². The van der Waals surface area contributed by atoms with Crippen LogP contribution < -0.4 is 5.32 Å². The van der Waals surface area contributed by atoms with Crippen LogP contribution in [0.4, 0.5) is 0 Å². The number of hydrogen-bond acceptors (Lipinski definition) is 3. The van der Waals surface area contributed by atoms with Crippen LogP contribution in [-0.2, 0) is 11.2 Å². The van der Waals surface area contributed by atoms with Crippen molar-refractivity contribution in [1.82, 2.24) is 20.4 Å². The highest BCUT2D eigenvalue weighted by atomic mass is 16.2. The molecule has 2 N–H and O–H groups in total. The first kappa shape index (κ1) is 15.2. The van der Waals surface area contributed by atoms with Crippen molar-refractivity contribution in [1.29, 1.82) is 0 Å². The molecule has 0 saturated carbocycles. The Morgan fingerprint density at radius 1 is 1.22 bits per heavy atom. The summed E-state index contributed by atoms with van der Waals surface area (Å²) in [6, 6.07) is 0. The van der Waals surface area contributed by atoms with Gasteiger partial charge in [-0.05, 0) is 62.9 Å². The lowest BCUT2D eigenvalue weighted by Gasteiger charge is -2.38. The SMILES string of the molecule is CC1CCc2[nH]ncc2C1C(=O)N1CCC(C2CCNC2)CC1. The molecule has 1 aromatic heterocycles. The molecule has 2 saturated heterocycles. The molecule has 4 rings (SSSR count). The number of carbonyl (C=O) groups is 1. The van der Waals surface area contributed by atoms with Crippen LogP contribution >= 0.6 is 0 Å². The Kier molecular flexibility index (Phi) is 4.14. The van der Waals surface area contributed by atoms with Crippen LogP contribution in [0.5, 0.6) is 0 Å². The maximum Gasteiger partial charge on any atom is 0.230 e. The van der Waals surface area contributed by atoms with Gasteiger partial charge in [-0.1, -0.05) is 6.92 Å². The van der Waals surface area contributed by atoms with E-state index in [1.54, 1.807) is 0 Å². The number of aromatic nitrogens is 2. The number of likely N-dealkylation sites (tertiary alicyclic amines) is 1. The molecule has 1 aliphatic carbocycles. The van der Waals surface area contributed by atoms with E-state index in [-0.39, 0.29) is 5.92 Å². The van der Waals surface area contributed by atoms with Gasteiger partial charge in [0.15, 0.2) is 0 Å². The number of aryl methyl sites for hydroxylation is 1. The summed E-state index contributed by atoms with van der Waals surface area (Å²) in [5.74, 6) is 2.41. The summed E-state index contributed by atoms with van der Waals surface area (Å²) >= 11 is 0. The van der Waals surface area contributed by atoms with Gasteiger partial charge in [0, 0.05) is 24.3 Å². The molecule has 5 heteroatoms. The zero-order chi connectivity index (χ0) is 15.8. The summed E-state index contributed by atoms with van der Waals surface area (Å²) < 4.78 is 0. The van der Waals surface area contributed by atoms with Crippen LogP contribution in [0.2, 0.25) is 0 Å². The van der Waals surface area contributed by atoms with E-state index in [1.807, 2.05) is 6.20 Å². The predicted octanol–water partition coefficient (Wildman–Crippen LogP) is 1.92. The molecule has 1 aromatic rings. The number of rotatable bonds is 2. The zero-order valence-electron chi connectivity index (χ0n) is 14.1. The number of carbonyl (C=O) groups excluding carboxylic acids is 1. The van der Waals surface area contributed by atoms with Crippen LogP contribution in [0.25, 0.3) is 0 Å². The number of hydrogen-bond donors (Lipinski definition) is 2. The average molecular weight is 316 g/mol. The molecule has 126 valence electrons. The number of aromatic amines is 1. The van der Waals surface area contributed by atoms with Gasteiger partial charge in [-0.25, -0.2) is 0 Å². The zero-order valence-corrected chi connectivity index (χ0v) is 14.1. The molecule has 3 unspecified atom stereocenters. The van der Waals surface area contributed by atoms with Crippen molar-refractivity contribution in [2.75, 3.05) is 26.2 Å². The molecular weight excluding hydrogens is 288 g/mol. The minimum atomic E-state index is 0.0159. The second kappa shape index (κ2) is 6.27. The Bertz CT molecular complexity index is 555. The third-order valence-electron chi connectivity index (χ3n) is 6.39. The molecule has 1 amide bonds. The van der Waals surface area contributed by atoms with Crippen molar-refractivity contribution in [3.8, 4) is 0 Å². The molecular formula is C18H28N4O. The fraction of sp³-hybridized carbons (Fsp3) is 0.778. The molecule has 2 fully saturated rings. The first-order valence-corrected chi connectivity index (χ1v) is 9.25. The van der Waals surface area contributed by atoms with Gasteiger partial charge >= 0.3 is 0 Å². The third kappa shape index (κ3) is 2.80. The molecule has 5 nitrogen and oxygen atoms in total. The highest BCUT2D eigenvalue weighted by Crippen LogP contribution is 2.37. The average Bonchev–Trinajstić information content (AvgIpc) is 3.26. The molecule has 0 aromatic carbocycles. The van der Waals surface area contributed by atoms with E-state index < -0.39 is 0 Å². The summed E-state index contributed by atoms with van der Waals surface area (Å²) in [7, 11) is 0. The minimum Gasteiger partial charge on any atom is -0.342 e. The van der Waals surface area contributed by atoms with E-state index in [2.05, 4.69) is 27.3 Å². The lowest BCUT2D eigenvalue weighted by atomic mass is 9.77. The Balaban J connectivity index is 1.42. The van der Waals surface area contributed by atoms with Crippen molar-refractivity contribution >= 4 is 5.91 Å². The maximum atomic E-state index is 13.1. The largest absolute Gasteiger partial charge is 0.342 e.